The van der Waals surface area contributed by atoms with E-state index < -0.39 is 11.7 Å². The SMILES string of the molecule is Br.CCOc1cc(F)c2c(c1)CN(CC(=O)c1cc(OCCCC(N)=O)c(OC)c(C(C)(C)C)c1)C2=N. The summed E-state index contributed by atoms with van der Waals surface area (Å²) in [5, 5.41) is 8.46. The highest BCUT2D eigenvalue weighted by molar-refractivity contribution is 8.93. The summed E-state index contributed by atoms with van der Waals surface area (Å²) in [5.74, 6) is 0.0815. The van der Waals surface area contributed by atoms with Crippen LogP contribution in [0.3, 0.4) is 0 Å². The topological polar surface area (TPSA) is 115 Å². The Hall–Kier alpha value is -3.14. The minimum Gasteiger partial charge on any atom is -0.494 e. The first-order valence-electron chi connectivity index (χ1n) is 11.9. The fourth-order valence-corrected chi connectivity index (χ4v) is 4.18. The second kappa shape index (κ2) is 12.4. The Labute approximate surface area is 227 Å². The van der Waals surface area contributed by atoms with Gasteiger partial charge in [-0.3, -0.25) is 15.0 Å². The lowest BCUT2D eigenvalue weighted by Crippen LogP contribution is -2.30. The smallest absolute Gasteiger partial charge is 0.217 e. The number of nitrogens with two attached hydrogens (primary N) is 1. The number of primary amides is 1. The summed E-state index contributed by atoms with van der Waals surface area (Å²) < 4.78 is 31.6. The average Bonchev–Trinajstić information content (AvgIpc) is 3.10. The fourth-order valence-electron chi connectivity index (χ4n) is 4.18. The van der Waals surface area contributed by atoms with Crippen molar-refractivity contribution in [1.82, 2.24) is 4.90 Å². The summed E-state index contributed by atoms with van der Waals surface area (Å²) in [7, 11) is 1.54. The number of rotatable bonds is 11. The molecule has 0 unspecified atom stereocenters. The Kier molecular flexibility index (Phi) is 10.1. The van der Waals surface area contributed by atoms with Crippen LogP contribution in [0, 0.1) is 11.2 Å². The van der Waals surface area contributed by atoms with Gasteiger partial charge in [-0.05, 0) is 42.5 Å². The summed E-state index contributed by atoms with van der Waals surface area (Å²) in [6, 6.07) is 6.37. The molecule has 0 saturated heterocycles. The van der Waals surface area contributed by atoms with Gasteiger partial charge in [0.1, 0.15) is 17.4 Å². The first-order valence-corrected chi connectivity index (χ1v) is 11.9. The molecule has 1 amide bonds. The third-order valence-corrected chi connectivity index (χ3v) is 5.92. The highest BCUT2D eigenvalue weighted by Gasteiger charge is 2.31. The first kappa shape index (κ1) is 30.1. The van der Waals surface area contributed by atoms with Crippen LogP contribution in [0.4, 0.5) is 4.39 Å². The van der Waals surface area contributed by atoms with Crippen molar-refractivity contribution in [2.24, 2.45) is 5.73 Å². The summed E-state index contributed by atoms with van der Waals surface area (Å²) in [5.41, 5.74) is 6.83. The molecule has 2 aromatic carbocycles. The Morgan fingerprint density at radius 3 is 2.46 bits per heavy atom. The molecule has 0 aliphatic carbocycles. The maximum atomic E-state index is 14.7. The van der Waals surface area contributed by atoms with Gasteiger partial charge < -0.3 is 24.8 Å². The Balaban J connectivity index is 0.00000481. The van der Waals surface area contributed by atoms with Gasteiger partial charge in [0.2, 0.25) is 5.91 Å². The van der Waals surface area contributed by atoms with Crippen LogP contribution in [-0.4, -0.2) is 49.3 Å². The molecule has 3 N–H and O–H groups in total. The van der Waals surface area contributed by atoms with E-state index in [4.69, 9.17) is 25.4 Å². The van der Waals surface area contributed by atoms with Gasteiger partial charge in [-0.15, -0.1) is 17.0 Å². The van der Waals surface area contributed by atoms with Crippen LogP contribution in [0.5, 0.6) is 17.2 Å². The lowest BCUT2D eigenvalue weighted by atomic mass is 9.84. The number of Topliss-reactive ketones (excluding diaryl/α,β-unsaturated/α-hetero) is 1. The Bertz CT molecular complexity index is 1180. The molecule has 202 valence electrons. The molecule has 1 aliphatic rings. The molecular weight excluding hydrogens is 545 g/mol. The molecule has 0 radical (unpaired) electrons. The molecule has 1 heterocycles. The van der Waals surface area contributed by atoms with Crippen molar-refractivity contribution >= 4 is 34.5 Å². The summed E-state index contributed by atoms with van der Waals surface area (Å²) in [6.45, 7) is 8.58. The molecule has 0 aromatic heterocycles. The highest BCUT2D eigenvalue weighted by atomic mass is 79.9. The molecule has 0 fully saturated rings. The van der Waals surface area contributed by atoms with Gasteiger partial charge in [0.25, 0.3) is 0 Å². The third kappa shape index (κ3) is 7.00. The highest BCUT2D eigenvalue weighted by Crippen LogP contribution is 2.40. The molecule has 3 rings (SSSR count). The number of hydrogen-bond donors (Lipinski definition) is 2. The van der Waals surface area contributed by atoms with Crippen molar-refractivity contribution in [3.05, 3.63) is 52.3 Å². The zero-order chi connectivity index (χ0) is 26.6. The number of fused-ring (bicyclic) bond motifs is 1. The van der Waals surface area contributed by atoms with E-state index in [-0.39, 0.29) is 65.7 Å². The standard InChI is InChI=1S/C27H34FN3O5.BrH/c1-6-35-18-10-17-14-31(26(30)24(17)20(28)13-18)15-21(32)16-11-19(27(2,3)4)25(34-5)22(12-16)36-9-7-8-23(29)33;/h10-13,30H,6-9,14-15H2,1-5H3,(H2,29,33);1H. The van der Waals surface area contributed by atoms with Gasteiger partial charge in [0, 0.05) is 30.2 Å². The molecule has 1 aliphatic heterocycles. The van der Waals surface area contributed by atoms with Crippen LogP contribution >= 0.6 is 17.0 Å². The largest absolute Gasteiger partial charge is 0.494 e. The van der Waals surface area contributed by atoms with Crippen molar-refractivity contribution in [3.63, 3.8) is 0 Å². The van der Waals surface area contributed by atoms with Gasteiger partial charge >= 0.3 is 0 Å². The third-order valence-electron chi connectivity index (χ3n) is 5.92. The number of nitrogens with zero attached hydrogens (tertiary/aromatic N) is 1. The van der Waals surface area contributed by atoms with E-state index >= 15 is 0 Å². The monoisotopic (exact) mass is 579 g/mol. The number of benzene rings is 2. The van der Waals surface area contributed by atoms with Crippen molar-refractivity contribution in [1.29, 1.82) is 5.41 Å². The minimum atomic E-state index is -0.540. The molecule has 0 atom stereocenters. The van der Waals surface area contributed by atoms with E-state index in [2.05, 4.69) is 0 Å². The van der Waals surface area contributed by atoms with E-state index in [1.165, 1.54) is 13.2 Å². The molecule has 8 nitrogen and oxygen atoms in total. The van der Waals surface area contributed by atoms with Crippen LogP contribution < -0.4 is 19.9 Å². The van der Waals surface area contributed by atoms with Crippen molar-refractivity contribution in [2.75, 3.05) is 26.9 Å². The number of amidine groups is 1. The van der Waals surface area contributed by atoms with Crippen LogP contribution in [0.2, 0.25) is 0 Å². The lowest BCUT2D eigenvalue weighted by molar-refractivity contribution is -0.118. The van der Waals surface area contributed by atoms with E-state index in [0.29, 0.717) is 41.4 Å². The zero-order valence-corrected chi connectivity index (χ0v) is 23.6. The van der Waals surface area contributed by atoms with E-state index in [0.717, 1.165) is 5.56 Å². The second-order valence-corrected chi connectivity index (χ2v) is 9.72. The van der Waals surface area contributed by atoms with Gasteiger partial charge in [-0.2, -0.15) is 0 Å². The summed E-state index contributed by atoms with van der Waals surface area (Å²) >= 11 is 0. The number of amides is 1. The lowest BCUT2D eigenvalue weighted by Gasteiger charge is -2.25. The number of carbonyl (C=O) groups is 2. The van der Waals surface area contributed by atoms with Crippen LogP contribution in [0.15, 0.2) is 24.3 Å². The number of methoxy groups -OCH3 is 1. The van der Waals surface area contributed by atoms with Crippen molar-refractivity contribution < 1.29 is 28.2 Å². The van der Waals surface area contributed by atoms with Crippen LogP contribution in [0.1, 0.15) is 67.6 Å². The van der Waals surface area contributed by atoms with E-state index in [1.54, 1.807) is 23.1 Å². The zero-order valence-electron chi connectivity index (χ0n) is 21.9. The van der Waals surface area contributed by atoms with Gasteiger partial charge in [0.15, 0.2) is 17.3 Å². The van der Waals surface area contributed by atoms with Crippen molar-refractivity contribution in [2.45, 2.75) is 52.5 Å². The number of ether oxygens (including phenoxy) is 3. The van der Waals surface area contributed by atoms with Crippen LogP contribution in [0.25, 0.3) is 0 Å². The second-order valence-electron chi connectivity index (χ2n) is 9.72. The number of ketones is 1. The number of nitrogens with one attached hydrogen (secondary N) is 1. The summed E-state index contributed by atoms with van der Waals surface area (Å²) in [4.78, 5) is 26.0. The van der Waals surface area contributed by atoms with Gasteiger partial charge in [0.05, 0.1) is 32.4 Å². The Morgan fingerprint density at radius 1 is 1.16 bits per heavy atom. The number of carbonyl (C=O) groups excluding carboxylic acids is 2. The van der Waals surface area contributed by atoms with Gasteiger partial charge in [-0.1, -0.05) is 20.8 Å². The van der Waals surface area contributed by atoms with Crippen LogP contribution in [-0.2, 0) is 16.8 Å². The Morgan fingerprint density at radius 2 is 1.86 bits per heavy atom. The van der Waals surface area contributed by atoms with Crippen molar-refractivity contribution in [3.8, 4) is 17.2 Å². The molecule has 0 saturated carbocycles. The molecule has 0 spiro atoms. The summed E-state index contributed by atoms with van der Waals surface area (Å²) in [6.07, 6.45) is 0.617. The predicted molar refractivity (Wildman–Crippen MR) is 145 cm³/mol. The number of hydrogen-bond acceptors (Lipinski definition) is 6. The average molecular weight is 580 g/mol. The first-order chi connectivity index (χ1) is 17.0. The number of halogens is 2. The maximum absolute atomic E-state index is 14.7. The minimum absolute atomic E-state index is 0. The van der Waals surface area contributed by atoms with Gasteiger partial charge in [-0.25, -0.2) is 4.39 Å². The van der Waals surface area contributed by atoms with E-state index in [9.17, 15) is 14.0 Å². The molecule has 10 heteroatoms. The normalized spacial score (nSPS) is 12.6. The molecule has 37 heavy (non-hydrogen) atoms. The van der Waals surface area contributed by atoms with E-state index in [1.807, 2.05) is 27.7 Å². The fraction of sp³-hybridized carbons (Fsp3) is 0.444. The maximum Gasteiger partial charge on any atom is 0.217 e. The molecule has 0 bridgehead atoms. The molecule has 2 aromatic rings. The molecular formula is C27H35BrFN3O5. The predicted octanol–water partition coefficient (Wildman–Crippen LogP) is 4.78. The quantitative estimate of drug-likeness (QED) is 0.292.